The van der Waals surface area contributed by atoms with Crippen LogP contribution in [0.1, 0.15) is 24.0 Å². The Labute approximate surface area is 152 Å². The van der Waals surface area contributed by atoms with Crippen LogP contribution in [0.15, 0.2) is 54.6 Å². The summed E-state index contributed by atoms with van der Waals surface area (Å²) >= 11 is 0. The normalized spacial score (nSPS) is 13.6. The second-order valence-electron chi connectivity index (χ2n) is 6.28. The Morgan fingerprint density at radius 2 is 2.00 bits per heavy atom. The van der Waals surface area contributed by atoms with Crippen LogP contribution in [-0.4, -0.2) is 19.2 Å². The van der Waals surface area contributed by atoms with Crippen LogP contribution in [0.25, 0.3) is 6.08 Å². The lowest BCUT2D eigenvalue weighted by atomic mass is 10.2. The molecule has 0 bridgehead atoms. The zero-order valence-corrected chi connectivity index (χ0v) is 14.5. The van der Waals surface area contributed by atoms with Gasteiger partial charge in [-0.3, -0.25) is 0 Å². The van der Waals surface area contributed by atoms with Crippen molar-refractivity contribution in [3.05, 3.63) is 71.6 Å². The van der Waals surface area contributed by atoms with Gasteiger partial charge in [-0.05, 0) is 42.5 Å². The Morgan fingerprint density at radius 3 is 2.77 bits per heavy atom. The van der Waals surface area contributed by atoms with Crippen LogP contribution in [0.2, 0.25) is 0 Å². The van der Waals surface area contributed by atoms with Gasteiger partial charge in [0.25, 0.3) is 0 Å². The van der Waals surface area contributed by atoms with Crippen molar-refractivity contribution in [2.75, 3.05) is 13.2 Å². The molecule has 4 nitrogen and oxygen atoms in total. The number of ether oxygens (including phenoxy) is 2. The van der Waals surface area contributed by atoms with E-state index in [4.69, 9.17) is 9.47 Å². The van der Waals surface area contributed by atoms with Gasteiger partial charge in [0.2, 0.25) is 0 Å². The number of nitrogens with one attached hydrogen (secondary N) is 1. The van der Waals surface area contributed by atoms with Gasteiger partial charge in [0.15, 0.2) is 0 Å². The van der Waals surface area contributed by atoms with Gasteiger partial charge in [-0.25, -0.2) is 9.18 Å². The standard InChI is InChI=1S/C21H22FNO3/c22-19-10-11-20(25-14-17-8-9-17)18(13-19)7-4-12-23-21(24)26-15-16-5-2-1-3-6-16/h1-7,10-11,13,17H,8-9,12,14-15H2,(H,23,24). The molecule has 2 aromatic carbocycles. The fraction of sp³-hybridized carbons (Fsp3) is 0.286. The summed E-state index contributed by atoms with van der Waals surface area (Å²) < 4.78 is 24.4. The lowest BCUT2D eigenvalue weighted by molar-refractivity contribution is 0.141. The minimum atomic E-state index is -0.497. The average molecular weight is 355 g/mol. The predicted octanol–water partition coefficient (Wildman–Crippen LogP) is 4.55. The summed E-state index contributed by atoms with van der Waals surface area (Å²) in [6.07, 6.45) is 5.37. The number of alkyl carbamates (subject to hydrolysis) is 1. The van der Waals surface area contributed by atoms with E-state index in [1.54, 1.807) is 18.2 Å². The highest BCUT2D eigenvalue weighted by atomic mass is 19.1. The van der Waals surface area contributed by atoms with Crippen LogP contribution in [0, 0.1) is 11.7 Å². The number of amides is 1. The molecule has 0 radical (unpaired) electrons. The van der Waals surface area contributed by atoms with Gasteiger partial charge in [-0.2, -0.15) is 0 Å². The first kappa shape index (κ1) is 18.0. The van der Waals surface area contributed by atoms with Crippen molar-refractivity contribution >= 4 is 12.2 Å². The van der Waals surface area contributed by atoms with Crippen LogP contribution < -0.4 is 10.1 Å². The lowest BCUT2D eigenvalue weighted by Crippen LogP contribution is -2.24. The average Bonchev–Trinajstić information content (AvgIpc) is 3.48. The summed E-state index contributed by atoms with van der Waals surface area (Å²) in [7, 11) is 0. The van der Waals surface area contributed by atoms with Crippen LogP contribution in [0.4, 0.5) is 9.18 Å². The molecule has 0 saturated heterocycles. The van der Waals surface area contributed by atoms with Crippen LogP contribution in [-0.2, 0) is 11.3 Å². The Kier molecular flexibility index (Phi) is 6.25. The molecule has 1 fully saturated rings. The fourth-order valence-electron chi connectivity index (χ4n) is 2.38. The second kappa shape index (κ2) is 9.04. The maximum Gasteiger partial charge on any atom is 0.407 e. The van der Waals surface area contributed by atoms with Crippen molar-refractivity contribution < 1.29 is 18.7 Å². The van der Waals surface area contributed by atoms with Gasteiger partial charge in [-0.1, -0.05) is 42.5 Å². The van der Waals surface area contributed by atoms with Gasteiger partial charge in [0.1, 0.15) is 18.2 Å². The molecular weight excluding hydrogens is 333 g/mol. The topological polar surface area (TPSA) is 47.6 Å². The van der Waals surface area contributed by atoms with E-state index in [0.29, 0.717) is 23.8 Å². The van der Waals surface area contributed by atoms with Gasteiger partial charge in [0, 0.05) is 12.1 Å². The van der Waals surface area contributed by atoms with Crippen LogP contribution >= 0.6 is 0 Å². The number of hydrogen-bond acceptors (Lipinski definition) is 3. The highest BCUT2D eigenvalue weighted by molar-refractivity contribution is 5.67. The molecule has 1 aliphatic rings. The van der Waals surface area contributed by atoms with Gasteiger partial charge in [-0.15, -0.1) is 0 Å². The first-order valence-corrected chi connectivity index (χ1v) is 8.74. The molecular formula is C21H22FNO3. The van der Waals surface area contributed by atoms with Gasteiger partial charge in [0.05, 0.1) is 6.61 Å². The maximum atomic E-state index is 13.5. The van der Waals surface area contributed by atoms with Crippen molar-refractivity contribution in [3.8, 4) is 5.75 Å². The van der Waals surface area contributed by atoms with E-state index < -0.39 is 6.09 Å². The van der Waals surface area contributed by atoms with E-state index in [1.165, 1.54) is 25.0 Å². The van der Waals surface area contributed by atoms with Crippen molar-refractivity contribution in [1.82, 2.24) is 5.32 Å². The van der Waals surface area contributed by atoms with Crippen molar-refractivity contribution in [3.63, 3.8) is 0 Å². The molecule has 2 aromatic rings. The molecule has 136 valence electrons. The molecule has 0 spiro atoms. The Bertz CT molecular complexity index is 757. The third-order valence-corrected chi connectivity index (χ3v) is 4.02. The molecule has 0 aromatic heterocycles. The molecule has 1 saturated carbocycles. The third-order valence-electron chi connectivity index (χ3n) is 4.02. The molecule has 1 aliphatic carbocycles. The predicted molar refractivity (Wildman–Crippen MR) is 98.3 cm³/mol. The number of halogens is 1. The summed E-state index contributed by atoms with van der Waals surface area (Å²) in [4.78, 5) is 11.7. The van der Waals surface area contributed by atoms with Crippen LogP contribution in [0.3, 0.4) is 0 Å². The largest absolute Gasteiger partial charge is 0.493 e. The van der Waals surface area contributed by atoms with Crippen LogP contribution in [0.5, 0.6) is 5.75 Å². The van der Waals surface area contributed by atoms with Gasteiger partial charge < -0.3 is 14.8 Å². The van der Waals surface area contributed by atoms with Crippen molar-refractivity contribution in [2.45, 2.75) is 19.4 Å². The minimum absolute atomic E-state index is 0.222. The Balaban J connectivity index is 1.45. The third kappa shape index (κ3) is 5.92. The Morgan fingerprint density at radius 1 is 1.19 bits per heavy atom. The summed E-state index contributed by atoms with van der Waals surface area (Å²) in [6, 6.07) is 13.9. The molecule has 1 amide bonds. The molecule has 5 heteroatoms. The monoisotopic (exact) mass is 355 g/mol. The molecule has 26 heavy (non-hydrogen) atoms. The highest BCUT2D eigenvalue weighted by Gasteiger charge is 2.22. The maximum absolute atomic E-state index is 13.5. The number of carbonyl (C=O) groups excluding carboxylic acids is 1. The number of rotatable bonds is 8. The van der Waals surface area contributed by atoms with Crippen molar-refractivity contribution in [2.24, 2.45) is 5.92 Å². The van der Waals surface area contributed by atoms with Crippen molar-refractivity contribution in [1.29, 1.82) is 0 Å². The summed E-state index contributed by atoms with van der Waals surface area (Å²) in [5, 5.41) is 2.63. The second-order valence-corrected chi connectivity index (χ2v) is 6.28. The quantitative estimate of drug-likeness (QED) is 0.755. The lowest BCUT2D eigenvalue weighted by Gasteiger charge is -2.09. The van der Waals surface area contributed by atoms with E-state index in [0.717, 1.165) is 5.56 Å². The zero-order valence-electron chi connectivity index (χ0n) is 14.5. The summed E-state index contributed by atoms with van der Waals surface area (Å²) in [6.45, 7) is 1.17. The smallest absolute Gasteiger partial charge is 0.407 e. The number of hydrogen-bond donors (Lipinski definition) is 1. The summed E-state index contributed by atoms with van der Waals surface area (Å²) in [5.74, 6) is 0.956. The highest BCUT2D eigenvalue weighted by Crippen LogP contribution is 2.30. The zero-order chi connectivity index (χ0) is 18.2. The fourth-order valence-corrected chi connectivity index (χ4v) is 2.38. The molecule has 3 rings (SSSR count). The van der Waals surface area contributed by atoms with E-state index in [1.807, 2.05) is 30.3 Å². The summed E-state index contributed by atoms with van der Waals surface area (Å²) in [5.41, 5.74) is 1.58. The minimum Gasteiger partial charge on any atom is -0.493 e. The number of benzene rings is 2. The van der Waals surface area contributed by atoms with Gasteiger partial charge >= 0.3 is 6.09 Å². The Hall–Kier alpha value is -2.82. The van der Waals surface area contributed by atoms with E-state index in [-0.39, 0.29) is 19.0 Å². The SMILES string of the molecule is O=C(NCC=Cc1cc(F)ccc1OCC1CC1)OCc1ccccc1. The molecule has 0 aliphatic heterocycles. The molecule has 0 unspecified atom stereocenters. The molecule has 0 atom stereocenters. The molecule has 1 N–H and O–H groups in total. The van der Waals surface area contributed by atoms with E-state index >= 15 is 0 Å². The number of carbonyl (C=O) groups is 1. The first-order chi connectivity index (χ1) is 12.7. The van der Waals surface area contributed by atoms with E-state index in [2.05, 4.69) is 5.32 Å². The molecule has 0 heterocycles. The first-order valence-electron chi connectivity index (χ1n) is 8.74. The van der Waals surface area contributed by atoms with E-state index in [9.17, 15) is 9.18 Å².